The first-order chi connectivity index (χ1) is 34.5. The average molecular weight is 1010 g/mol. The van der Waals surface area contributed by atoms with Crippen molar-refractivity contribution in [3.63, 3.8) is 0 Å². The molecule has 0 amide bonds. The van der Waals surface area contributed by atoms with Crippen LogP contribution in [0.5, 0.6) is 11.5 Å². The number of ether oxygens (including phenoxy) is 1. The number of hydrogen-bond acceptors (Lipinski definition) is 4. The maximum absolute atomic E-state index is 9.28. The van der Waals surface area contributed by atoms with E-state index in [-0.39, 0.29) is 40.3 Å². The molecular formula is C54H47BN6OPt-2. The molecule has 3 aromatic heterocycles. The van der Waals surface area contributed by atoms with E-state index in [2.05, 4.69) is 75.1 Å². The molecule has 6 aromatic carbocycles. The molecule has 0 aliphatic carbocycles. The van der Waals surface area contributed by atoms with Gasteiger partial charge in [0.1, 0.15) is 0 Å². The van der Waals surface area contributed by atoms with E-state index in [4.69, 9.17) is 17.9 Å². The maximum atomic E-state index is 9.28. The molecule has 0 radical (unpaired) electrons. The standard InChI is InChI=1S/C54H47BN6O.Pt/c1-53(2,3)39-27-29-56-51(33-39)60-50-35-43(25-26-44(50)47-28-30-57-61(47)55(60)7)62-42-22-16-21-41(34-42)58-36-59(49-24-15-14-23-48(49)58)52-45(37-17-10-8-11-18-37)31-40(54(4,5)6)32-46(52)38-19-12-9-13-20-38;/h8-33H,1-7H3;/q-2;/i8D,9D,10D,11D,12D,13D,17D,18D,19D,20D;. The minimum atomic E-state index is -0.632. The third-order valence-electron chi connectivity index (χ3n) is 11.3. The topological polar surface area (TPSA) is 53.0 Å². The first-order valence-electron chi connectivity index (χ1n) is 25.6. The number of hydrogen-bond donors (Lipinski definition) is 0. The molecule has 0 fully saturated rings. The van der Waals surface area contributed by atoms with E-state index in [0.717, 1.165) is 28.3 Å². The van der Waals surface area contributed by atoms with E-state index in [0.29, 0.717) is 37.6 Å². The summed E-state index contributed by atoms with van der Waals surface area (Å²) in [4.78, 5) is 6.93. The van der Waals surface area contributed by atoms with Crippen LogP contribution >= 0.6 is 0 Å². The Morgan fingerprint density at radius 2 is 1.29 bits per heavy atom. The number of imidazole rings is 1. The Morgan fingerprint density at radius 1 is 0.651 bits per heavy atom. The van der Waals surface area contributed by atoms with Crippen LogP contribution in [0.2, 0.25) is 6.82 Å². The third kappa shape index (κ3) is 7.30. The second-order valence-electron chi connectivity index (χ2n) is 17.5. The Morgan fingerprint density at radius 3 is 1.94 bits per heavy atom. The van der Waals surface area contributed by atoms with Crippen molar-refractivity contribution in [1.82, 2.24) is 23.8 Å². The summed E-state index contributed by atoms with van der Waals surface area (Å²) in [6.07, 6.45) is 3.61. The van der Waals surface area contributed by atoms with Crippen molar-refractivity contribution in [2.45, 2.75) is 59.2 Å². The van der Waals surface area contributed by atoms with E-state index in [1.54, 1.807) is 24.4 Å². The van der Waals surface area contributed by atoms with Crippen LogP contribution in [0.15, 0.2) is 158 Å². The number of pyridine rings is 1. The van der Waals surface area contributed by atoms with Crippen molar-refractivity contribution in [2.75, 3.05) is 4.81 Å². The molecular weight excluding hydrogens is 955 g/mol. The summed E-state index contributed by atoms with van der Waals surface area (Å²) in [5.41, 5.74) is 5.85. The molecule has 0 unspecified atom stereocenters. The molecule has 63 heavy (non-hydrogen) atoms. The van der Waals surface area contributed by atoms with Gasteiger partial charge in [-0.3, -0.25) is 0 Å². The zero-order valence-corrected chi connectivity index (χ0v) is 38.0. The molecule has 4 heterocycles. The van der Waals surface area contributed by atoms with E-state index in [9.17, 15) is 5.48 Å². The molecule has 314 valence electrons. The van der Waals surface area contributed by atoms with Crippen LogP contribution in [0.3, 0.4) is 0 Å². The molecule has 0 spiro atoms. The van der Waals surface area contributed by atoms with Crippen molar-refractivity contribution in [1.29, 1.82) is 0 Å². The fourth-order valence-corrected chi connectivity index (χ4v) is 9.20. The molecule has 0 atom stereocenters. The Balaban J connectivity index is 1.19. The first-order valence-corrected chi connectivity index (χ1v) is 21.7. The second-order valence-corrected chi connectivity index (χ2v) is 18.5. The predicted molar refractivity (Wildman–Crippen MR) is 253 cm³/mol. The van der Waals surface area contributed by atoms with E-state index in [1.807, 2.05) is 101 Å². The number of rotatable bonds is 7. The van der Waals surface area contributed by atoms with Gasteiger partial charge in [-0.15, -0.1) is 0 Å². The molecule has 1 aliphatic rings. The van der Waals surface area contributed by atoms with Gasteiger partial charge < -0.3 is 0 Å². The fraction of sp³-hybridized carbons (Fsp3) is 0.167. The van der Waals surface area contributed by atoms with E-state index in [1.165, 1.54) is 0 Å². The normalized spacial score (nSPS) is 14.9. The van der Waals surface area contributed by atoms with E-state index >= 15 is 0 Å². The van der Waals surface area contributed by atoms with Gasteiger partial charge in [0.05, 0.1) is 0 Å². The van der Waals surface area contributed by atoms with Gasteiger partial charge in [-0.1, -0.05) is 20.8 Å². The van der Waals surface area contributed by atoms with Gasteiger partial charge in [0.25, 0.3) is 0 Å². The van der Waals surface area contributed by atoms with Crippen molar-refractivity contribution >= 4 is 29.5 Å². The van der Waals surface area contributed by atoms with Gasteiger partial charge in [-0.2, -0.15) is 5.10 Å². The van der Waals surface area contributed by atoms with Crippen molar-refractivity contribution in [3.05, 3.63) is 185 Å². The number of fused-ring (bicyclic) bond motifs is 4. The summed E-state index contributed by atoms with van der Waals surface area (Å²) in [7, 11) is 0. The van der Waals surface area contributed by atoms with Gasteiger partial charge >= 0.3 is 341 Å². The number of nitrogens with zero attached hydrogens (tertiary/aromatic N) is 6. The van der Waals surface area contributed by atoms with Crippen LogP contribution in [0.4, 0.5) is 11.5 Å². The molecule has 0 bridgehead atoms. The molecule has 9 heteroatoms. The van der Waals surface area contributed by atoms with Gasteiger partial charge in [-0.05, 0) is 17.0 Å². The second kappa shape index (κ2) is 15.7. The molecule has 9 aromatic rings. The first kappa shape index (κ1) is 30.5. The van der Waals surface area contributed by atoms with Gasteiger partial charge in [0.2, 0.25) is 0 Å². The summed E-state index contributed by atoms with van der Waals surface area (Å²) < 4.78 is 102. The number of aromatic nitrogens is 5. The van der Waals surface area contributed by atoms with Crippen molar-refractivity contribution in [3.8, 4) is 56.4 Å². The van der Waals surface area contributed by atoms with Crippen LogP contribution in [0.1, 0.15) is 66.4 Å². The van der Waals surface area contributed by atoms with Crippen molar-refractivity contribution in [2.24, 2.45) is 0 Å². The molecule has 1 aliphatic heterocycles. The van der Waals surface area contributed by atoms with Crippen LogP contribution < -0.4 is 9.55 Å². The summed E-state index contributed by atoms with van der Waals surface area (Å²) in [6, 6.07) is 28.4. The van der Waals surface area contributed by atoms with E-state index < -0.39 is 65.8 Å². The molecule has 0 saturated carbocycles. The summed E-state index contributed by atoms with van der Waals surface area (Å²) in [5, 5.41) is 4.67. The number of anilines is 2. The molecule has 0 saturated heterocycles. The zero-order chi connectivity index (χ0) is 52.3. The van der Waals surface area contributed by atoms with Gasteiger partial charge in [0.15, 0.2) is 0 Å². The monoisotopic (exact) mass is 1010 g/mol. The fourth-order valence-electron chi connectivity index (χ4n) is 8.12. The quantitative estimate of drug-likeness (QED) is 0.118. The van der Waals surface area contributed by atoms with Crippen LogP contribution in [-0.4, -0.2) is 30.8 Å². The van der Waals surface area contributed by atoms with Crippen LogP contribution in [0.25, 0.3) is 55.9 Å². The molecule has 0 N–H and O–H groups in total. The van der Waals surface area contributed by atoms with Crippen LogP contribution in [-0.2, 0) is 30.2 Å². The Bertz CT molecular complexity index is 3690. The summed E-state index contributed by atoms with van der Waals surface area (Å²) in [5.74, 6) is 1.54. The van der Waals surface area contributed by atoms with Gasteiger partial charge in [0, 0.05) is 12.4 Å². The van der Waals surface area contributed by atoms with Crippen LogP contribution in [0, 0.1) is 15.9 Å². The van der Waals surface area contributed by atoms with Crippen molar-refractivity contribution < 1.29 is 37.8 Å². The average Bonchev–Trinajstić information content (AvgIpc) is 3.97. The molecule has 10 rings (SSSR count). The molecule has 7 nitrogen and oxygen atoms in total. The zero-order valence-electron chi connectivity index (χ0n) is 45.7. The SMILES string of the molecule is [2H]c1c([2H])c([2H])c(-c2cc(C(C)(C)C)cc(-c3c([2H])c([2H])c([2H])c([2H])c3[2H])c2-n2[c](=[Pt])n(-c3[c-]c(Oc4[c-]c5c(cc4)-c4ccnn4B(C)N5c4cc(C(C)(C)C)ccn4)ccc3)c3ccccc32)c([2H])c1[2H]. The number of benzene rings is 6. The third-order valence-corrected chi connectivity index (χ3v) is 12.3. The Hall–Kier alpha value is -6.50. The van der Waals surface area contributed by atoms with Gasteiger partial charge in [-0.25, -0.2) is 0 Å². The summed E-state index contributed by atoms with van der Waals surface area (Å²) >= 11 is 2.17. The predicted octanol–water partition coefficient (Wildman–Crippen LogP) is 13.2. The Labute approximate surface area is 394 Å². The minimum absolute atomic E-state index is 0.112. The number of para-hydroxylation sites is 2. The Kier molecular flexibility index (Phi) is 7.61. The summed E-state index contributed by atoms with van der Waals surface area (Å²) in [6.45, 7) is 14.2.